The third-order valence-corrected chi connectivity index (χ3v) is 6.07. The fraction of sp³-hybridized carbons (Fsp3) is 0.571. The van der Waals surface area contributed by atoms with Crippen molar-refractivity contribution in [1.29, 1.82) is 0 Å². The highest BCUT2D eigenvalue weighted by molar-refractivity contribution is 7.89. The van der Waals surface area contributed by atoms with E-state index in [-0.39, 0.29) is 0 Å². The first kappa shape index (κ1) is 15.8. The largest absolute Gasteiger partial charge is 0.330 e. The van der Waals surface area contributed by atoms with Gasteiger partial charge in [0.15, 0.2) is 0 Å². The molecule has 2 N–H and O–H groups in total. The molecule has 4 nitrogen and oxygen atoms in total. The van der Waals surface area contributed by atoms with E-state index in [1.54, 1.807) is 29.4 Å². The molecule has 0 aromatic heterocycles. The molecule has 0 radical (unpaired) electrons. The van der Waals surface area contributed by atoms with Gasteiger partial charge in [0.1, 0.15) is 0 Å². The molecule has 20 heavy (non-hydrogen) atoms. The van der Waals surface area contributed by atoms with Gasteiger partial charge in [-0.1, -0.05) is 17.7 Å². The summed E-state index contributed by atoms with van der Waals surface area (Å²) in [4.78, 5) is 0.318. The van der Waals surface area contributed by atoms with E-state index >= 15 is 0 Å². The average molecular weight is 317 g/mol. The van der Waals surface area contributed by atoms with Crippen LogP contribution in [0.25, 0.3) is 0 Å². The van der Waals surface area contributed by atoms with Crippen molar-refractivity contribution >= 4 is 21.6 Å². The van der Waals surface area contributed by atoms with Gasteiger partial charge < -0.3 is 5.73 Å². The number of sulfonamides is 1. The fourth-order valence-corrected chi connectivity index (χ4v) is 4.75. The van der Waals surface area contributed by atoms with Gasteiger partial charge in [0.2, 0.25) is 10.0 Å². The lowest BCUT2D eigenvalue weighted by molar-refractivity contribution is 0.258. The number of hydrogen-bond acceptors (Lipinski definition) is 3. The summed E-state index contributed by atoms with van der Waals surface area (Å²) in [6.07, 6.45) is 2.82. The summed E-state index contributed by atoms with van der Waals surface area (Å²) < 4.78 is 27.1. The van der Waals surface area contributed by atoms with Crippen LogP contribution in [0.3, 0.4) is 0 Å². The molecule has 0 spiro atoms. The van der Waals surface area contributed by atoms with Gasteiger partial charge in [-0.3, -0.25) is 0 Å². The maximum Gasteiger partial charge on any atom is 0.243 e. The topological polar surface area (TPSA) is 63.4 Å². The number of nitrogens with zero attached hydrogens (tertiary/aromatic N) is 1. The monoisotopic (exact) mass is 316 g/mol. The van der Waals surface area contributed by atoms with Gasteiger partial charge in [-0.15, -0.1) is 0 Å². The molecule has 0 saturated carbocycles. The van der Waals surface area contributed by atoms with Gasteiger partial charge in [0.05, 0.1) is 4.90 Å². The zero-order valence-electron chi connectivity index (χ0n) is 11.7. The molecule has 1 aromatic carbocycles. The van der Waals surface area contributed by atoms with Crippen LogP contribution >= 0.6 is 11.6 Å². The Kier molecular flexibility index (Phi) is 5.07. The molecule has 0 amide bonds. The number of halogens is 1. The van der Waals surface area contributed by atoms with Crippen molar-refractivity contribution in [2.24, 2.45) is 11.7 Å². The Morgan fingerprint density at radius 1 is 1.45 bits per heavy atom. The van der Waals surface area contributed by atoms with Gasteiger partial charge in [-0.05, 0) is 56.3 Å². The van der Waals surface area contributed by atoms with Gasteiger partial charge in [-0.25, -0.2) is 8.42 Å². The summed E-state index contributed by atoms with van der Waals surface area (Å²) in [7, 11) is -3.46. The molecule has 1 aliphatic rings. The first-order valence-corrected chi connectivity index (χ1v) is 8.73. The highest BCUT2D eigenvalue weighted by Crippen LogP contribution is 2.28. The van der Waals surface area contributed by atoms with Crippen LogP contribution in [0.4, 0.5) is 0 Å². The van der Waals surface area contributed by atoms with Crippen molar-refractivity contribution in [3.05, 3.63) is 28.8 Å². The van der Waals surface area contributed by atoms with Crippen molar-refractivity contribution in [3.8, 4) is 0 Å². The lowest BCUT2D eigenvalue weighted by Crippen LogP contribution is -2.40. The first-order valence-electron chi connectivity index (χ1n) is 6.91. The summed E-state index contributed by atoms with van der Waals surface area (Å²) in [6, 6.07) is 5.00. The molecule has 1 aromatic rings. The molecule has 6 heteroatoms. The van der Waals surface area contributed by atoms with Crippen LogP contribution in [0.5, 0.6) is 0 Å². The molecule has 112 valence electrons. The Hall–Kier alpha value is -0.620. The summed E-state index contributed by atoms with van der Waals surface area (Å²) in [5, 5.41) is 0.449. The van der Waals surface area contributed by atoms with Crippen molar-refractivity contribution in [2.75, 3.05) is 19.6 Å². The minimum Gasteiger partial charge on any atom is -0.330 e. The number of benzene rings is 1. The standard InChI is InChI=1S/C14H21ClN2O2S/c1-11-4-5-13(15)9-14(11)20(18,19)17-8-2-3-12(10-17)6-7-16/h4-5,9,12H,2-3,6-8,10,16H2,1H3. The molecule has 1 saturated heterocycles. The normalized spacial score (nSPS) is 21.1. The number of aryl methyl sites for hydroxylation is 1. The molecular formula is C14H21ClN2O2S. The fourth-order valence-electron chi connectivity index (χ4n) is 2.71. The molecule has 1 heterocycles. The number of hydrogen-bond donors (Lipinski definition) is 1. The highest BCUT2D eigenvalue weighted by Gasteiger charge is 2.30. The van der Waals surface area contributed by atoms with Gasteiger partial charge in [0.25, 0.3) is 0 Å². The van der Waals surface area contributed by atoms with Crippen LogP contribution in [0, 0.1) is 12.8 Å². The maximum absolute atomic E-state index is 12.7. The summed E-state index contributed by atoms with van der Waals surface area (Å²) in [5.74, 6) is 0.364. The van der Waals surface area contributed by atoms with Gasteiger partial charge >= 0.3 is 0 Å². The lowest BCUT2D eigenvalue weighted by Gasteiger charge is -2.32. The second kappa shape index (κ2) is 6.43. The van der Waals surface area contributed by atoms with Gasteiger partial charge in [-0.2, -0.15) is 4.31 Å². The van der Waals surface area contributed by atoms with Crippen LogP contribution in [0.2, 0.25) is 5.02 Å². The van der Waals surface area contributed by atoms with E-state index in [1.807, 2.05) is 0 Å². The van der Waals surface area contributed by atoms with Crippen molar-refractivity contribution < 1.29 is 8.42 Å². The van der Waals surface area contributed by atoms with Crippen LogP contribution in [0.1, 0.15) is 24.8 Å². The van der Waals surface area contributed by atoms with E-state index in [0.717, 1.165) is 24.8 Å². The molecule has 1 unspecified atom stereocenters. The average Bonchev–Trinajstić information content (AvgIpc) is 2.42. The number of nitrogens with two attached hydrogens (primary N) is 1. The Morgan fingerprint density at radius 3 is 2.90 bits per heavy atom. The van der Waals surface area contributed by atoms with Crippen molar-refractivity contribution in [2.45, 2.75) is 31.1 Å². The van der Waals surface area contributed by atoms with Crippen molar-refractivity contribution in [1.82, 2.24) is 4.31 Å². The molecule has 1 fully saturated rings. The Labute approximate surface area is 126 Å². The Balaban J connectivity index is 2.27. The second-order valence-electron chi connectivity index (χ2n) is 5.36. The third-order valence-electron chi connectivity index (χ3n) is 3.82. The van der Waals surface area contributed by atoms with Crippen LogP contribution < -0.4 is 5.73 Å². The van der Waals surface area contributed by atoms with Crippen LogP contribution in [-0.4, -0.2) is 32.4 Å². The molecule has 2 rings (SSSR count). The molecule has 0 bridgehead atoms. The number of piperidine rings is 1. The SMILES string of the molecule is Cc1ccc(Cl)cc1S(=O)(=O)N1CCCC(CCN)C1. The van der Waals surface area contributed by atoms with E-state index in [4.69, 9.17) is 17.3 Å². The molecule has 1 aliphatic heterocycles. The predicted octanol–water partition coefficient (Wildman–Crippen LogP) is 2.40. The number of rotatable bonds is 4. The molecular weight excluding hydrogens is 296 g/mol. The zero-order chi connectivity index (χ0) is 14.8. The Morgan fingerprint density at radius 2 is 2.20 bits per heavy atom. The van der Waals surface area contributed by atoms with E-state index in [9.17, 15) is 8.42 Å². The first-order chi connectivity index (χ1) is 9.45. The van der Waals surface area contributed by atoms with Crippen LogP contribution in [-0.2, 0) is 10.0 Å². The zero-order valence-corrected chi connectivity index (χ0v) is 13.3. The minimum absolute atomic E-state index is 0.318. The quantitative estimate of drug-likeness (QED) is 0.927. The summed E-state index contributed by atoms with van der Waals surface area (Å²) in [5.41, 5.74) is 6.32. The van der Waals surface area contributed by atoms with E-state index in [0.29, 0.717) is 35.5 Å². The van der Waals surface area contributed by atoms with Crippen LogP contribution in [0.15, 0.2) is 23.1 Å². The summed E-state index contributed by atoms with van der Waals surface area (Å²) >= 11 is 5.94. The van der Waals surface area contributed by atoms with E-state index < -0.39 is 10.0 Å². The minimum atomic E-state index is -3.46. The van der Waals surface area contributed by atoms with Crippen molar-refractivity contribution in [3.63, 3.8) is 0 Å². The maximum atomic E-state index is 12.7. The van der Waals surface area contributed by atoms with E-state index in [2.05, 4.69) is 0 Å². The van der Waals surface area contributed by atoms with Gasteiger partial charge in [0, 0.05) is 18.1 Å². The van der Waals surface area contributed by atoms with E-state index in [1.165, 1.54) is 0 Å². The predicted molar refractivity (Wildman–Crippen MR) is 81.3 cm³/mol. The summed E-state index contributed by atoms with van der Waals surface area (Å²) in [6.45, 7) is 3.54. The smallest absolute Gasteiger partial charge is 0.243 e. The third kappa shape index (κ3) is 3.34. The second-order valence-corrected chi connectivity index (χ2v) is 7.70. The lowest BCUT2D eigenvalue weighted by atomic mass is 9.96. The Bertz CT molecular complexity index is 573. The molecule has 0 aliphatic carbocycles. The highest BCUT2D eigenvalue weighted by atomic mass is 35.5. The molecule has 1 atom stereocenters.